The molecule has 7 heteroatoms. The van der Waals surface area contributed by atoms with Crippen molar-refractivity contribution in [3.05, 3.63) is 28.8 Å². The molecule has 1 aliphatic heterocycles. The van der Waals surface area contributed by atoms with Crippen LogP contribution in [0.2, 0.25) is 5.02 Å². The van der Waals surface area contributed by atoms with E-state index in [4.69, 9.17) is 21.1 Å². The predicted molar refractivity (Wildman–Crippen MR) is 110 cm³/mol. The standard InChI is InChI=1S/C20H29ClN2O3.ClH/c1-25-14-20(8-10-22-11-9-20)13-23-19(24)17-12-15(21)6-7-18(17)26-16-4-2-3-5-16;/h6-7,12,16,22H,2-5,8-11,13-14H2,1H3,(H,23,24);1H. The summed E-state index contributed by atoms with van der Waals surface area (Å²) in [5.74, 6) is 0.499. The molecule has 1 aromatic carbocycles. The van der Waals surface area contributed by atoms with Crippen LogP contribution in [0.25, 0.3) is 0 Å². The minimum Gasteiger partial charge on any atom is -0.490 e. The van der Waals surface area contributed by atoms with E-state index in [1.165, 1.54) is 12.8 Å². The van der Waals surface area contributed by atoms with Crippen molar-refractivity contribution in [1.29, 1.82) is 0 Å². The van der Waals surface area contributed by atoms with Gasteiger partial charge in [-0.05, 0) is 69.8 Å². The second-order valence-electron chi connectivity index (χ2n) is 7.53. The van der Waals surface area contributed by atoms with Gasteiger partial charge in [0.05, 0.1) is 18.3 Å². The van der Waals surface area contributed by atoms with Gasteiger partial charge < -0.3 is 20.1 Å². The Labute approximate surface area is 172 Å². The summed E-state index contributed by atoms with van der Waals surface area (Å²) in [5, 5.41) is 7.01. The van der Waals surface area contributed by atoms with Gasteiger partial charge in [0.25, 0.3) is 5.91 Å². The molecule has 1 saturated heterocycles. The fraction of sp³-hybridized carbons (Fsp3) is 0.650. The van der Waals surface area contributed by atoms with Crippen molar-refractivity contribution in [2.24, 2.45) is 5.41 Å². The monoisotopic (exact) mass is 416 g/mol. The fourth-order valence-electron chi connectivity index (χ4n) is 3.97. The molecular weight excluding hydrogens is 387 g/mol. The first kappa shape index (κ1) is 22.3. The summed E-state index contributed by atoms with van der Waals surface area (Å²) in [4.78, 5) is 12.9. The number of hydrogen-bond donors (Lipinski definition) is 2. The van der Waals surface area contributed by atoms with E-state index in [0.29, 0.717) is 29.5 Å². The third kappa shape index (κ3) is 5.98. The first-order valence-corrected chi connectivity index (χ1v) is 9.94. The summed E-state index contributed by atoms with van der Waals surface area (Å²) in [5.41, 5.74) is 0.506. The van der Waals surface area contributed by atoms with Crippen molar-refractivity contribution in [3.8, 4) is 5.75 Å². The zero-order valence-corrected chi connectivity index (χ0v) is 17.5. The maximum absolute atomic E-state index is 12.9. The third-order valence-electron chi connectivity index (χ3n) is 5.52. The van der Waals surface area contributed by atoms with E-state index in [9.17, 15) is 4.79 Å². The average Bonchev–Trinajstić information content (AvgIpc) is 3.15. The highest BCUT2D eigenvalue weighted by atomic mass is 35.5. The van der Waals surface area contributed by atoms with Crippen LogP contribution in [0.1, 0.15) is 48.9 Å². The summed E-state index contributed by atoms with van der Waals surface area (Å²) in [6.45, 7) is 3.14. The van der Waals surface area contributed by atoms with Crippen molar-refractivity contribution >= 4 is 29.9 Å². The normalized spacial score (nSPS) is 19.3. The summed E-state index contributed by atoms with van der Waals surface area (Å²) in [7, 11) is 1.72. The van der Waals surface area contributed by atoms with Gasteiger partial charge in [-0.3, -0.25) is 4.79 Å². The molecule has 3 rings (SSSR count). The quantitative estimate of drug-likeness (QED) is 0.708. The van der Waals surface area contributed by atoms with E-state index in [0.717, 1.165) is 38.8 Å². The summed E-state index contributed by atoms with van der Waals surface area (Å²) in [6.07, 6.45) is 6.65. The van der Waals surface area contributed by atoms with Crippen LogP contribution in [0.5, 0.6) is 5.75 Å². The van der Waals surface area contributed by atoms with Gasteiger partial charge >= 0.3 is 0 Å². The Hall–Kier alpha value is -1.01. The molecule has 0 atom stereocenters. The highest BCUT2D eigenvalue weighted by molar-refractivity contribution is 6.31. The molecule has 0 spiro atoms. The molecule has 152 valence electrons. The molecule has 0 unspecified atom stereocenters. The molecule has 1 heterocycles. The number of rotatable bonds is 7. The zero-order chi connectivity index (χ0) is 18.4. The highest BCUT2D eigenvalue weighted by Crippen LogP contribution is 2.30. The third-order valence-corrected chi connectivity index (χ3v) is 5.76. The van der Waals surface area contributed by atoms with Gasteiger partial charge in [0, 0.05) is 24.1 Å². The molecule has 2 aliphatic rings. The number of carbonyl (C=O) groups excluding carboxylic acids is 1. The molecular formula is C20H30Cl2N2O3. The number of hydrogen-bond acceptors (Lipinski definition) is 4. The van der Waals surface area contributed by atoms with E-state index < -0.39 is 0 Å². The Balaban J connectivity index is 0.00000261. The van der Waals surface area contributed by atoms with E-state index in [1.54, 1.807) is 19.2 Å². The number of piperidine rings is 1. The number of amides is 1. The maximum Gasteiger partial charge on any atom is 0.255 e. The van der Waals surface area contributed by atoms with Gasteiger partial charge in [-0.25, -0.2) is 0 Å². The van der Waals surface area contributed by atoms with Crippen molar-refractivity contribution in [2.45, 2.75) is 44.6 Å². The lowest BCUT2D eigenvalue weighted by Gasteiger charge is -2.37. The SMILES string of the molecule is COCC1(CNC(=O)c2cc(Cl)ccc2OC2CCCC2)CCNCC1.Cl. The van der Waals surface area contributed by atoms with Crippen molar-refractivity contribution < 1.29 is 14.3 Å². The molecule has 2 fully saturated rings. The number of carbonyl (C=O) groups is 1. The minimum absolute atomic E-state index is 0. The molecule has 1 aliphatic carbocycles. The molecule has 0 bridgehead atoms. The molecule has 2 N–H and O–H groups in total. The van der Waals surface area contributed by atoms with Gasteiger partial charge in [-0.1, -0.05) is 11.6 Å². The lowest BCUT2D eigenvalue weighted by molar-refractivity contribution is 0.0510. The highest BCUT2D eigenvalue weighted by Gasteiger charge is 2.33. The maximum atomic E-state index is 12.9. The van der Waals surface area contributed by atoms with Crippen molar-refractivity contribution in [2.75, 3.05) is 33.4 Å². The Morgan fingerprint density at radius 2 is 2.00 bits per heavy atom. The fourth-order valence-corrected chi connectivity index (χ4v) is 4.14. The Morgan fingerprint density at radius 1 is 1.30 bits per heavy atom. The number of nitrogens with one attached hydrogen (secondary N) is 2. The van der Waals surface area contributed by atoms with Crippen LogP contribution in [0.4, 0.5) is 0 Å². The van der Waals surface area contributed by atoms with E-state index >= 15 is 0 Å². The first-order chi connectivity index (χ1) is 12.6. The Morgan fingerprint density at radius 3 is 2.67 bits per heavy atom. The van der Waals surface area contributed by atoms with Gasteiger partial charge in [0.15, 0.2) is 0 Å². The van der Waals surface area contributed by atoms with Crippen LogP contribution in [-0.2, 0) is 4.74 Å². The molecule has 1 amide bonds. The molecule has 27 heavy (non-hydrogen) atoms. The minimum atomic E-state index is -0.130. The van der Waals surface area contributed by atoms with Crippen molar-refractivity contribution in [3.63, 3.8) is 0 Å². The summed E-state index contributed by atoms with van der Waals surface area (Å²) < 4.78 is 11.5. The van der Waals surface area contributed by atoms with Gasteiger partial charge in [-0.15, -0.1) is 12.4 Å². The van der Waals surface area contributed by atoms with Crippen LogP contribution in [0.3, 0.4) is 0 Å². The Bertz CT molecular complexity index is 610. The number of benzene rings is 1. The summed E-state index contributed by atoms with van der Waals surface area (Å²) >= 11 is 6.14. The molecule has 5 nitrogen and oxygen atoms in total. The van der Waals surface area contributed by atoms with Crippen LogP contribution in [0.15, 0.2) is 18.2 Å². The predicted octanol–water partition coefficient (Wildman–Crippen LogP) is 3.83. The van der Waals surface area contributed by atoms with Gasteiger partial charge in [-0.2, -0.15) is 0 Å². The van der Waals surface area contributed by atoms with E-state index in [-0.39, 0.29) is 29.8 Å². The van der Waals surface area contributed by atoms with Crippen LogP contribution >= 0.6 is 24.0 Å². The van der Waals surface area contributed by atoms with Gasteiger partial charge in [0.2, 0.25) is 0 Å². The van der Waals surface area contributed by atoms with Gasteiger partial charge in [0.1, 0.15) is 5.75 Å². The smallest absolute Gasteiger partial charge is 0.255 e. The zero-order valence-electron chi connectivity index (χ0n) is 15.9. The number of halogens is 2. The van der Waals surface area contributed by atoms with Crippen LogP contribution in [-0.4, -0.2) is 45.4 Å². The first-order valence-electron chi connectivity index (χ1n) is 9.56. The van der Waals surface area contributed by atoms with Crippen LogP contribution in [0, 0.1) is 5.41 Å². The molecule has 0 aromatic heterocycles. The topological polar surface area (TPSA) is 59.6 Å². The largest absolute Gasteiger partial charge is 0.490 e. The Kier molecular flexibility index (Phi) is 8.67. The average molecular weight is 417 g/mol. The second kappa shape index (κ2) is 10.5. The van der Waals surface area contributed by atoms with E-state index in [2.05, 4.69) is 10.6 Å². The number of methoxy groups -OCH3 is 1. The van der Waals surface area contributed by atoms with E-state index in [1.807, 2.05) is 6.07 Å². The van der Waals surface area contributed by atoms with Crippen molar-refractivity contribution in [1.82, 2.24) is 10.6 Å². The molecule has 1 aromatic rings. The second-order valence-corrected chi connectivity index (χ2v) is 7.97. The lowest BCUT2D eigenvalue weighted by Crippen LogP contribution is -2.47. The van der Waals surface area contributed by atoms with Crippen LogP contribution < -0.4 is 15.4 Å². The lowest BCUT2D eigenvalue weighted by atomic mass is 9.79. The molecule has 0 radical (unpaired) electrons. The summed E-state index contributed by atoms with van der Waals surface area (Å²) in [6, 6.07) is 5.29. The number of ether oxygens (including phenoxy) is 2. The molecule has 1 saturated carbocycles.